The number of carbonyl (C=O) groups excluding carboxylic acids is 2. The molecule has 2 N–H and O–H groups in total. The molecule has 0 saturated heterocycles. The van der Waals surface area contributed by atoms with E-state index in [1.165, 1.54) is 23.5 Å². The molecule has 2 aromatic rings. The van der Waals surface area contributed by atoms with E-state index in [1.54, 1.807) is 16.8 Å². The summed E-state index contributed by atoms with van der Waals surface area (Å²) in [4.78, 5) is 23.4. The number of hydrogen-bond acceptors (Lipinski definition) is 4. The molecule has 1 aromatic heterocycles. The largest absolute Gasteiger partial charge is 0.573 e. The number of carbonyl (C=O) groups is 2. The molecule has 0 aliphatic carbocycles. The molecule has 0 radical (unpaired) electrons. The monoisotopic (exact) mass is 358 g/mol. The van der Waals surface area contributed by atoms with Gasteiger partial charge in [-0.15, -0.1) is 13.2 Å². The Morgan fingerprint density at radius 2 is 1.83 bits per heavy atom. The lowest BCUT2D eigenvalue weighted by atomic mass is 10.3. The Labute approximate surface area is 139 Å². The number of halogens is 3. The summed E-state index contributed by atoms with van der Waals surface area (Å²) < 4.78 is 39.8. The second-order valence-electron chi connectivity index (χ2n) is 4.64. The van der Waals surface area contributed by atoms with Crippen LogP contribution in [-0.2, 0) is 4.79 Å². The van der Waals surface area contributed by atoms with Crippen LogP contribution in [0.2, 0.25) is 0 Å². The van der Waals surface area contributed by atoms with E-state index in [0.29, 0.717) is 11.3 Å². The second kappa shape index (κ2) is 7.82. The molecular formula is C15H13F3N2O3S. The third-order valence-corrected chi connectivity index (χ3v) is 3.48. The van der Waals surface area contributed by atoms with E-state index < -0.39 is 6.36 Å². The van der Waals surface area contributed by atoms with Crippen LogP contribution >= 0.6 is 11.3 Å². The van der Waals surface area contributed by atoms with Gasteiger partial charge in [0.05, 0.1) is 0 Å². The smallest absolute Gasteiger partial charge is 0.406 e. The van der Waals surface area contributed by atoms with Crippen LogP contribution < -0.4 is 15.4 Å². The minimum atomic E-state index is -4.76. The number of amides is 2. The Kier molecular flexibility index (Phi) is 5.80. The van der Waals surface area contributed by atoms with Gasteiger partial charge in [0.25, 0.3) is 5.91 Å². The van der Waals surface area contributed by atoms with Gasteiger partial charge in [0.2, 0.25) is 5.91 Å². The standard InChI is InChI=1S/C15H13F3N2O3S/c16-15(17,18)23-12-3-1-11(2-4-12)20-13(21)5-7-19-14(22)10-6-8-24-9-10/h1-4,6,8-9H,5,7H2,(H,19,22)(H,20,21). The van der Waals surface area contributed by atoms with Gasteiger partial charge in [0, 0.05) is 29.6 Å². The molecule has 1 aromatic carbocycles. The highest BCUT2D eigenvalue weighted by atomic mass is 32.1. The number of benzene rings is 1. The van der Waals surface area contributed by atoms with Crippen molar-refractivity contribution in [2.75, 3.05) is 11.9 Å². The molecule has 2 amide bonds. The lowest BCUT2D eigenvalue weighted by Gasteiger charge is -2.10. The van der Waals surface area contributed by atoms with E-state index in [9.17, 15) is 22.8 Å². The van der Waals surface area contributed by atoms with Crippen molar-refractivity contribution in [2.45, 2.75) is 12.8 Å². The zero-order chi connectivity index (χ0) is 17.6. The Morgan fingerprint density at radius 1 is 1.12 bits per heavy atom. The summed E-state index contributed by atoms with van der Waals surface area (Å²) in [6.07, 6.45) is -4.72. The minimum absolute atomic E-state index is 0.0384. The highest BCUT2D eigenvalue weighted by Gasteiger charge is 2.30. The van der Waals surface area contributed by atoms with Crippen molar-refractivity contribution >= 4 is 28.8 Å². The first-order valence-electron chi connectivity index (χ1n) is 6.79. The Bertz CT molecular complexity index is 685. The van der Waals surface area contributed by atoms with E-state index >= 15 is 0 Å². The summed E-state index contributed by atoms with van der Waals surface area (Å²) in [6.45, 7) is 0.149. The van der Waals surface area contributed by atoms with Crippen LogP contribution in [0.25, 0.3) is 0 Å². The zero-order valence-electron chi connectivity index (χ0n) is 12.2. The Morgan fingerprint density at radius 3 is 2.42 bits per heavy atom. The molecule has 2 rings (SSSR count). The summed E-state index contributed by atoms with van der Waals surface area (Å²) in [5.41, 5.74) is 0.861. The van der Waals surface area contributed by atoms with Crippen LogP contribution in [0.5, 0.6) is 5.75 Å². The average Bonchev–Trinajstić information content (AvgIpc) is 3.02. The fraction of sp³-hybridized carbons (Fsp3) is 0.200. The summed E-state index contributed by atoms with van der Waals surface area (Å²) >= 11 is 1.39. The average molecular weight is 358 g/mol. The summed E-state index contributed by atoms with van der Waals surface area (Å²) in [7, 11) is 0. The van der Waals surface area contributed by atoms with Crippen LogP contribution in [0.4, 0.5) is 18.9 Å². The highest BCUT2D eigenvalue weighted by Crippen LogP contribution is 2.23. The van der Waals surface area contributed by atoms with Gasteiger partial charge in [0.15, 0.2) is 0 Å². The maximum absolute atomic E-state index is 12.0. The molecule has 24 heavy (non-hydrogen) atoms. The van der Waals surface area contributed by atoms with Crippen LogP contribution in [-0.4, -0.2) is 24.7 Å². The van der Waals surface area contributed by atoms with Crippen molar-refractivity contribution in [2.24, 2.45) is 0 Å². The van der Waals surface area contributed by atoms with Gasteiger partial charge in [-0.1, -0.05) is 0 Å². The van der Waals surface area contributed by atoms with E-state index in [2.05, 4.69) is 15.4 Å². The summed E-state index contributed by atoms with van der Waals surface area (Å²) in [5, 5.41) is 8.58. The van der Waals surface area contributed by atoms with Crippen molar-refractivity contribution in [1.82, 2.24) is 5.32 Å². The van der Waals surface area contributed by atoms with Gasteiger partial charge >= 0.3 is 6.36 Å². The number of hydrogen-bond donors (Lipinski definition) is 2. The lowest BCUT2D eigenvalue weighted by molar-refractivity contribution is -0.274. The van der Waals surface area contributed by atoms with Gasteiger partial charge in [-0.2, -0.15) is 11.3 Å². The molecule has 0 spiro atoms. The predicted octanol–water partition coefficient (Wildman–Crippen LogP) is 3.41. The zero-order valence-corrected chi connectivity index (χ0v) is 13.0. The molecule has 0 atom stereocenters. The van der Waals surface area contributed by atoms with Crippen molar-refractivity contribution in [3.63, 3.8) is 0 Å². The molecule has 0 unspecified atom stereocenters. The van der Waals surface area contributed by atoms with Gasteiger partial charge in [-0.25, -0.2) is 0 Å². The van der Waals surface area contributed by atoms with Crippen molar-refractivity contribution in [1.29, 1.82) is 0 Å². The van der Waals surface area contributed by atoms with Crippen LogP contribution in [0.1, 0.15) is 16.8 Å². The van der Waals surface area contributed by atoms with Crippen molar-refractivity contribution in [3.8, 4) is 5.75 Å². The topological polar surface area (TPSA) is 67.4 Å². The van der Waals surface area contributed by atoms with E-state index in [0.717, 1.165) is 12.1 Å². The van der Waals surface area contributed by atoms with Gasteiger partial charge in [0.1, 0.15) is 5.75 Å². The highest BCUT2D eigenvalue weighted by molar-refractivity contribution is 7.08. The van der Waals surface area contributed by atoms with Gasteiger partial charge in [-0.3, -0.25) is 9.59 Å². The number of ether oxygens (including phenoxy) is 1. The van der Waals surface area contributed by atoms with E-state index in [1.807, 2.05) is 0 Å². The normalized spacial score (nSPS) is 11.0. The third kappa shape index (κ3) is 5.92. The van der Waals surface area contributed by atoms with Gasteiger partial charge < -0.3 is 15.4 Å². The fourth-order valence-electron chi connectivity index (χ4n) is 1.75. The quantitative estimate of drug-likeness (QED) is 0.832. The number of rotatable bonds is 6. The first kappa shape index (κ1) is 17.8. The van der Waals surface area contributed by atoms with Gasteiger partial charge in [-0.05, 0) is 35.7 Å². The third-order valence-electron chi connectivity index (χ3n) is 2.79. The molecule has 0 saturated carbocycles. The number of alkyl halides is 3. The SMILES string of the molecule is O=C(CCNC(=O)c1ccsc1)Nc1ccc(OC(F)(F)F)cc1. The first-order chi connectivity index (χ1) is 11.3. The Balaban J connectivity index is 1.75. The molecule has 0 fully saturated rings. The number of nitrogens with one attached hydrogen (secondary N) is 2. The predicted molar refractivity (Wildman–Crippen MR) is 83.0 cm³/mol. The molecule has 128 valence electrons. The molecule has 0 aliphatic rings. The molecule has 0 bridgehead atoms. The molecule has 9 heteroatoms. The maximum atomic E-state index is 12.0. The summed E-state index contributed by atoms with van der Waals surface area (Å²) in [5.74, 6) is -1.01. The lowest BCUT2D eigenvalue weighted by Crippen LogP contribution is -2.27. The van der Waals surface area contributed by atoms with E-state index in [-0.39, 0.29) is 30.5 Å². The van der Waals surface area contributed by atoms with Crippen LogP contribution in [0.15, 0.2) is 41.1 Å². The second-order valence-corrected chi connectivity index (χ2v) is 5.42. The molecule has 0 aliphatic heterocycles. The van der Waals surface area contributed by atoms with Crippen LogP contribution in [0.3, 0.4) is 0 Å². The van der Waals surface area contributed by atoms with Crippen molar-refractivity contribution in [3.05, 3.63) is 46.7 Å². The molecule has 5 nitrogen and oxygen atoms in total. The minimum Gasteiger partial charge on any atom is -0.406 e. The molecular weight excluding hydrogens is 345 g/mol. The maximum Gasteiger partial charge on any atom is 0.573 e. The number of thiophene rings is 1. The molecule has 1 heterocycles. The van der Waals surface area contributed by atoms with Crippen LogP contribution in [0, 0.1) is 0 Å². The van der Waals surface area contributed by atoms with Crippen molar-refractivity contribution < 1.29 is 27.5 Å². The fourth-order valence-corrected chi connectivity index (χ4v) is 2.38. The number of anilines is 1. The van der Waals surface area contributed by atoms with E-state index in [4.69, 9.17) is 0 Å². The first-order valence-corrected chi connectivity index (χ1v) is 7.74. The Hall–Kier alpha value is -2.55. The summed E-state index contributed by atoms with van der Waals surface area (Å²) in [6, 6.07) is 6.46.